The Bertz CT molecular complexity index is 419. The van der Waals surface area contributed by atoms with E-state index in [1.165, 1.54) is 0 Å². The van der Waals surface area contributed by atoms with Crippen molar-refractivity contribution in [3.05, 3.63) is 35.9 Å². The minimum Gasteiger partial charge on any atom is -0.501 e. The number of nitro groups is 2. The lowest BCUT2D eigenvalue weighted by molar-refractivity contribution is -0.394. The number of phenols is 1. The third-order valence-electron chi connectivity index (χ3n) is 1.44. The average molecular weight is 310 g/mol. The normalized spacial score (nSPS) is 9.79. The zero-order valence-corrected chi connectivity index (χ0v) is 8.66. The van der Waals surface area contributed by atoms with Gasteiger partial charge in [-0.25, -0.2) is 0 Å². The van der Waals surface area contributed by atoms with Crippen LogP contribution in [0.5, 0.6) is 5.75 Å². The minimum atomic E-state index is -0.871. The topological polar surface area (TPSA) is 107 Å². The molecule has 0 spiro atoms. The Kier molecular flexibility index (Phi) is 2.84. The summed E-state index contributed by atoms with van der Waals surface area (Å²) >= 11 is 1.58. The number of hydrogen-bond acceptors (Lipinski definition) is 5. The van der Waals surface area contributed by atoms with Gasteiger partial charge in [0.1, 0.15) is 0 Å². The Morgan fingerprint density at radius 1 is 1.21 bits per heavy atom. The standard InChI is InChI=1S/C6H3IN2O5/c7-4-1-3(8(11)12)2-5(6(4)10)9(13)14/h1-2,10H. The van der Waals surface area contributed by atoms with Gasteiger partial charge in [0.25, 0.3) is 5.69 Å². The minimum absolute atomic E-state index is 0.0727. The van der Waals surface area contributed by atoms with Crippen molar-refractivity contribution >= 4 is 34.0 Å². The van der Waals surface area contributed by atoms with Gasteiger partial charge in [-0.05, 0) is 22.6 Å². The first-order chi connectivity index (χ1) is 6.43. The van der Waals surface area contributed by atoms with Gasteiger partial charge in [0.05, 0.1) is 19.5 Å². The fourth-order valence-electron chi connectivity index (χ4n) is 0.815. The highest BCUT2D eigenvalue weighted by atomic mass is 127. The number of aromatic hydroxyl groups is 1. The smallest absolute Gasteiger partial charge is 0.318 e. The lowest BCUT2D eigenvalue weighted by atomic mass is 10.2. The quantitative estimate of drug-likeness (QED) is 0.509. The molecule has 7 nitrogen and oxygen atoms in total. The molecular formula is C6H3IN2O5. The first-order valence-corrected chi connectivity index (χ1v) is 4.32. The summed E-state index contributed by atoms with van der Waals surface area (Å²) in [5.74, 6) is -0.554. The van der Waals surface area contributed by atoms with Crippen molar-refractivity contribution in [2.75, 3.05) is 0 Å². The monoisotopic (exact) mass is 310 g/mol. The second-order valence-corrected chi connectivity index (χ2v) is 3.47. The van der Waals surface area contributed by atoms with Gasteiger partial charge in [-0.2, -0.15) is 0 Å². The molecular weight excluding hydrogens is 307 g/mol. The first kappa shape index (κ1) is 10.6. The van der Waals surface area contributed by atoms with E-state index >= 15 is 0 Å². The Morgan fingerprint density at radius 2 is 1.79 bits per heavy atom. The molecule has 0 atom stereocenters. The molecule has 0 unspecified atom stereocenters. The highest BCUT2D eigenvalue weighted by molar-refractivity contribution is 14.1. The summed E-state index contributed by atoms with van der Waals surface area (Å²) in [6.45, 7) is 0. The number of nitrogens with zero attached hydrogens (tertiary/aromatic N) is 2. The predicted molar refractivity (Wildman–Crippen MR) is 54.1 cm³/mol. The fraction of sp³-hybridized carbons (Fsp3) is 0. The lowest BCUT2D eigenvalue weighted by Crippen LogP contribution is -1.94. The zero-order chi connectivity index (χ0) is 10.9. The largest absolute Gasteiger partial charge is 0.501 e. The van der Waals surface area contributed by atoms with Gasteiger partial charge in [0.2, 0.25) is 5.75 Å². The Hall–Kier alpha value is -1.45. The Labute approximate surface area is 90.8 Å². The third-order valence-corrected chi connectivity index (χ3v) is 2.26. The molecule has 0 bridgehead atoms. The van der Waals surface area contributed by atoms with Crippen molar-refractivity contribution in [1.82, 2.24) is 0 Å². The molecule has 0 aromatic heterocycles. The van der Waals surface area contributed by atoms with Crippen molar-refractivity contribution in [2.45, 2.75) is 0 Å². The highest BCUT2D eigenvalue weighted by Crippen LogP contribution is 2.34. The number of rotatable bonds is 2. The Balaban J connectivity index is 3.43. The van der Waals surface area contributed by atoms with Gasteiger partial charge in [-0.3, -0.25) is 20.2 Å². The summed E-state index contributed by atoms with van der Waals surface area (Å²) in [5.41, 5.74) is -1.08. The number of non-ortho nitro benzene ring substituents is 1. The molecule has 1 N–H and O–H groups in total. The molecule has 1 aromatic carbocycles. The second kappa shape index (κ2) is 3.74. The molecule has 0 heterocycles. The summed E-state index contributed by atoms with van der Waals surface area (Å²) in [6, 6.07) is 1.78. The molecule has 0 amide bonds. The van der Waals surface area contributed by atoms with Crippen LogP contribution < -0.4 is 0 Å². The van der Waals surface area contributed by atoms with Crippen LogP contribution in [0.25, 0.3) is 0 Å². The van der Waals surface area contributed by atoms with E-state index in [2.05, 4.69) is 0 Å². The molecule has 1 aromatic rings. The molecule has 8 heteroatoms. The number of halogens is 1. The van der Waals surface area contributed by atoms with Crippen LogP contribution in [0.3, 0.4) is 0 Å². The van der Waals surface area contributed by atoms with Gasteiger partial charge in [0, 0.05) is 6.07 Å². The van der Waals surface area contributed by atoms with E-state index in [1.54, 1.807) is 22.6 Å². The highest BCUT2D eigenvalue weighted by Gasteiger charge is 2.22. The van der Waals surface area contributed by atoms with E-state index in [4.69, 9.17) is 0 Å². The fourth-order valence-corrected chi connectivity index (χ4v) is 1.41. The molecule has 14 heavy (non-hydrogen) atoms. The zero-order valence-electron chi connectivity index (χ0n) is 6.51. The van der Waals surface area contributed by atoms with Gasteiger partial charge >= 0.3 is 5.69 Å². The van der Waals surface area contributed by atoms with Crippen LogP contribution in [0.1, 0.15) is 0 Å². The van der Waals surface area contributed by atoms with Crippen molar-refractivity contribution in [1.29, 1.82) is 0 Å². The maximum atomic E-state index is 10.4. The summed E-state index contributed by atoms with van der Waals surface area (Å²) in [7, 11) is 0. The van der Waals surface area contributed by atoms with E-state index < -0.39 is 27.0 Å². The molecule has 0 saturated heterocycles. The number of benzene rings is 1. The van der Waals surface area contributed by atoms with Crippen LogP contribution >= 0.6 is 22.6 Å². The third kappa shape index (κ3) is 1.89. The number of nitro benzene ring substituents is 2. The summed E-state index contributed by atoms with van der Waals surface area (Å²) in [5, 5.41) is 29.9. The van der Waals surface area contributed by atoms with Gasteiger partial charge < -0.3 is 5.11 Å². The van der Waals surface area contributed by atoms with Crippen molar-refractivity contribution in [3.63, 3.8) is 0 Å². The van der Waals surface area contributed by atoms with Crippen LogP contribution in [0.4, 0.5) is 11.4 Å². The molecule has 0 aliphatic carbocycles. The van der Waals surface area contributed by atoms with Crippen molar-refractivity contribution < 1.29 is 15.0 Å². The average Bonchev–Trinajstić information content (AvgIpc) is 2.08. The van der Waals surface area contributed by atoms with E-state index in [0.29, 0.717) is 0 Å². The van der Waals surface area contributed by atoms with Crippen LogP contribution in [-0.4, -0.2) is 15.0 Å². The van der Waals surface area contributed by atoms with Crippen LogP contribution in [0.2, 0.25) is 0 Å². The summed E-state index contributed by atoms with van der Waals surface area (Å²) < 4.78 is 0.0727. The molecule has 74 valence electrons. The number of hydrogen-bond donors (Lipinski definition) is 1. The van der Waals surface area contributed by atoms with Gasteiger partial charge in [-0.15, -0.1) is 0 Å². The summed E-state index contributed by atoms with van der Waals surface area (Å²) in [6.07, 6.45) is 0. The van der Waals surface area contributed by atoms with E-state index in [9.17, 15) is 25.3 Å². The van der Waals surface area contributed by atoms with Gasteiger partial charge in [-0.1, -0.05) is 0 Å². The van der Waals surface area contributed by atoms with E-state index in [0.717, 1.165) is 12.1 Å². The molecule has 0 saturated carbocycles. The van der Waals surface area contributed by atoms with E-state index in [1.807, 2.05) is 0 Å². The maximum Gasteiger partial charge on any atom is 0.318 e. The maximum absolute atomic E-state index is 10.4. The molecule has 0 aliphatic heterocycles. The molecule has 0 aliphatic rings. The first-order valence-electron chi connectivity index (χ1n) is 3.24. The van der Waals surface area contributed by atoms with Crippen LogP contribution in [0, 0.1) is 23.8 Å². The lowest BCUT2D eigenvalue weighted by Gasteiger charge is -1.98. The Morgan fingerprint density at radius 3 is 2.21 bits per heavy atom. The number of phenolic OH excluding ortho intramolecular Hbond substituents is 1. The SMILES string of the molecule is O=[N+]([O-])c1cc(I)c(O)c([N+](=O)[O-])c1. The molecule has 0 radical (unpaired) electrons. The van der Waals surface area contributed by atoms with Crippen LogP contribution in [-0.2, 0) is 0 Å². The van der Waals surface area contributed by atoms with Crippen molar-refractivity contribution in [3.8, 4) is 5.75 Å². The van der Waals surface area contributed by atoms with Crippen LogP contribution in [0.15, 0.2) is 12.1 Å². The predicted octanol–water partition coefficient (Wildman–Crippen LogP) is 1.81. The van der Waals surface area contributed by atoms with Gasteiger partial charge in [0.15, 0.2) is 0 Å². The summed E-state index contributed by atoms with van der Waals surface area (Å²) in [4.78, 5) is 19.1. The van der Waals surface area contributed by atoms with E-state index in [-0.39, 0.29) is 3.57 Å². The molecule has 1 rings (SSSR count). The molecule has 0 fully saturated rings. The second-order valence-electron chi connectivity index (χ2n) is 2.31. The van der Waals surface area contributed by atoms with Crippen molar-refractivity contribution in [2.24, 2.45) is 0 Å².